The summed E-state index contributed by atoms with van der Waals surface area (Å²) < 4.78 is 16.9. The molecule has 1 saturated heterocycles. The molecule has 15 heteroatoms. The monoisotopic (exact) mass is 657 g/mol. The first-order valence-electron chi connectivity index (χ1n) is 14.7. The number of carbonyl (C=O) groups excluding carboxylic acids is 3. The number of ether oxygens (including phenoxy) is 3. The lowest BCUT2D eigenvalue weighted by atomic mass is 9.88. The highest BCUT2D eigenvalue weighted by molar-refractivity contribution is 5.89. The third-order valence-electron chi connectivity index (χ3n) is 7.13. The molecule has 0 aliphatic carbocycles. The molecule has 0 bridgehead atoms. The van der Waals surface area contributed by atoms with Crippen LogP contribution in [0.1, 0.15) is 30.9 Å². The molecule has 0 saturated carbocycles. The number of rotatable bonds is 16. The van der Waals surface area contributed by atoms with Gasteiger partial charge in [-0.3, -0.25) is 14.4 Å². The molecule has 2 aromatic rings. The molecule has 15 nitrogen and oxygen atoms in total. The largest absolute Gasteiger partial charge is 0.493 e. The van der Waals surface area contributed by atoms with Gasteiger partial charge in [-0.25, -0.2) is 4.79 Å². The van der Waals surface area contributed by atoms with Gasteiger partial charge in [0.05, 0.1) is 37.9 Å². The molecule has 1 aliphatic rings. The Hall–Kier alpha value is -4.56. The van der Waals surface area contributed by atoms with Gasteiger partial charge in [-0.15, -0.1) is 12.3 Å². The van der Waals surface area contributed by atoms with Crippen LogP contribution in [-0.2, 0) is 41.7 Å². The standard InChI is InChI=1S/C32H39N3O12/c1-3-4-12-45-23-10-8-20(9-11-23)18-46-32(31(43)44)15-24(38)28(35-27(41)17-36)30(47-32)29(42)25(39)16-33-26(40)14-21-6-5-7-22(13-21)34-19(2)37/h1,5-11,13,24-25,28-30,36,38-39,42H,4,12,14-18H2,2H3,(H,33,40)(H,34,37)(H,35,41)(H,43,44)/t24-,25+,28+,29+,30+,32+/m0/s1. The smallest absolute Gasteiger partial charge is 0.364 e. The minimum absolute atomic E-state index is 0.141. The zero-order chi connectivity index (χ0) is 34.6. The van der Waals surface area contributed by atoms with E-state index in [1.165, 1.54) is 6.92 Å². The fraction of sp³-hybridized carbons (Fsp3) is 0.438. The van der Waals surface area contributed by atoms with Crippen LogP contribution < -0.4 is 20.7 Å². The Morgan fingerprint density at radius 2 is 1.83 bits per heavy atom. The normalized spacial score (nSPS) is 21.8. The fourth-order valence-electron chi connectivity index (χ4n) is 4.82. The van der Waals surface area contributed by atoms with Crippen molar-refractivity contribution in [1.82, 2.24) is 10.6 Å². The maximum Gasteiger partial charge on any atom is 0.364 e. The number of carboxylic acids is 1. The van der Waals surface area contributed by atoms with Gasteiger partial charge in [-0.05, 0) is 35.4 Å². The molecule has 2 aromatic carbocycles. The highest BCUT2D eigenvalue weighted by atomic mass is 16.7. The molecule has 8 N–H and O–H groups in total. The van der Waals surface area contributed by atoms with E-state index in [-0.39, 0.29) is 18.9 Å². The summed E-state index contributed by atoms with van der Waals surface area (Å²) in [4.78, 5) is 48.4. The van der Waals surface area contributed by atoms with Crippen molar-refractivity contribution >= 4 is 29.4 Å². The van der Waals surface area contributed by atoms with E-state index >= 15 is 0 Å². The number of hydrogen-bond donors (Lipinski definition) is 8. The summed E-state index contributed by atoms with van der Waals surface area (Å²) in [5, 5.41) is 59.5. The summed E-state index contributed by atoms with van der Waals surface area (Å²) in [5.41, 5.74) is 1.53. The molecule has 0 spiro atoms. The van der Waals surface area contributed by atoms with Gasteiger partial charge >= 0.3 is 5.97 Å². The lowest BCUT2D eigenvalue weighted by Gasteiger charge is -2.46. The number of aliphatic hydroxyl groups is 4. The van der Waals surface area contributed by atoms with Crippen LogP contribution in [0.25, 0.3) is 0 Å². The summed E-state index contributed by atoms with van der Waals surface area (Å²) >= 11 is 0. The number of anilines is 1. The van der Waals surface area contributed by atoms with Crippen molar-refractivity contribution in [3.63, 3.8) is 0 Å². The quantitative estimate of drug-likeness (QED) is 0.0807. The highest BCUT2D eigenvalue weighted by Crippen LogP contribution is 2.34. The van der Waals surface area contributed by atoms with E-state index in [1.807, 2.05) is 0 Å². The third kappa shape index (κ3) is 10.7. The topological polar surface area (TPSA) is 233 Å². The van der Waals surface area contributed by atoms with Gasteiger partial charge in [0.1, 0.15) is 24.6 Å². The third-order valence-corrected chi connectivity index (χ3v) is 7.13. The first-order chi connectivity index (χ1) is 22.4. The van der Waals surface area contributed by atoms with Crippen molar-refractivity contribution in [1.29, 1.82) is 0 Å². The average molecular weight is 658 g/mol. The van der Waals surface area contributed by atoms with Crippen LogP contribution in [0.5, 0.6) is 5.75 Å². The van der Waals surface area contributed by atoms with E-state index in [4.69, 9.17) is 20.6 Å². The van der Waals surface area contributed by atoms with Crippen LogP contribution in [-0.4, -0.2) is 105 Å². The van der Waals surface area contributed by atoms with Gasteiger partial charge in [0.15, 0.2) is 0 Å². The van der Waals surface area contributed by atoms with Crippen molar-refractivity contribution in [3.05, 3.63) is 59.7 Å². The molecule has 1 heterocycles. The fourth-order valence-corrected chi connectivity index (χ4v) is 4.82. The summed E-state index contributed by atoms with van der Waals surface area (Å²) in [6.45, 7) is -0.189. The molecule has 3 amide bonds. The zero-order valence-corrected chi connectivity index (χ0v) is 25.6. The number of amides is 3. The van der Waals surface area contributed by atoms with Gasteiger partial charge in [0, 0.05) is 32.0 Å². The van der Waals surface area contributed by atoms with Crippen molar-refractivity contribution in [2.45, 2.75) is 69.0 Å². The summed E-state index contributed by atoms with van der Waals surface area (Å²) in [7, 11) is 0. The maximum atomic E-state index is 12.6. The van der Waals surface area contributed by atoms with Gasteiger partial charge in [0.2, 0.25) is 17.7 Å². The Bertz CT molecular complexity index is 1430. The summed E-state index contributed by atoms with van der Waals surface area (Å²) in [6, 6.07) is 11.5. The minimum Gasteiger partial charge on any atom is -0.493 e. The molecular weight excluding hydrogens is 618 g/mol. The molecule has 1 fully saturated rings. The van der Waals surface area contributed by atoms with Crippen molar-refractivity contribution in [2.75, 3.05) is 25.1 Å². The predicted molar refractivity (Wildman–Crippen MR) is 165 cm³/mol. The molecule has 3 rings (SSSR count). The van der Waals surface area contributed by atoms with E-state index in [0.717, 1.165) is 0 Å². The molecule has 254 valence electrons. The molecule has 47 heavy (non-hydrogen) atoms. The van der Waals surface area contributed by atoms with E-state index in [2.05, 4.69) is 21.9 Å². The SMILES string of the molecule is C#CCCOc1ccc(CO[C@]2(C(=O)O)C[C@H](O)[C@@H](NC(=O)CO)[C@H]([C@H](O)[C@H](O)CNC(=O)Cc3cccc(NC(C)=O)c3)O2)cc1. The van der Waals surface area contributed by atoms with Crippen LogP contribution in [0.3, 0.4) is 0 Å². The van der Waals surface area contributed by atoms with Crippen molar-refractivity contribution < 1.29 is 58.9 Å². The second-order valence-electron chi connectivity index (χ2n) is 10.8. The number of terminal acetylenes is 1. The zero-order valence-electron chi connectivity index (χ0n) is 25.6. The Kier molecular flexibility index (Phi) is 13.6. The van der Waals surface area contributed by atoms with E-state index in [0.29, 0.717) is 35.6 Å². The number of benzene rings is 2. The van der Waals surface area contributed by atoms with Crippen LogP contribution in [0.2, 0.25) is 0 Å². The van der Waals surface area contributed by atoms with Crippen LogP contribution in [0.15, 0.2) is 48.5 Å². The second-order valence-corrected chi connectivity index (χ2v) is 10.8. The molecule has 6 atom stereocenters. The Balaban J connectivity index is 1.72. The Morgan fingerprint density at radius 1 is 1.11 bits per heavy atom. The van der Waals surface area contributed by atoms with Gasteiger partial charge in [-0.2, -0.15) is 0 Å². The highest BCUT2D eigenvalue weighted by Gasteiger charge is 2.55. The molecule has 0 radical (unpaired) electrons. The first kappa shape index (κ1) is 36.9. The van der Waals surface area contributed by atoms with Crippen LogP contribution in [0, 0.1) is 12.3 Å². The Morgan fingerprint density at radius 3 is 2.47 bits per heavy atom. The van der Waals surface area contributed by atoms with Crippen LogP contribution >= 0.6 is 0 Å². The Labute approximate surface area is 270 Å². The maximum absolute atomic E-state index is 12.6. The molecule has 1 aliphatic heterocycles. The summed E-state index contributed by atoms with van der Waals surface area (Å²) in [5.74, 6) is -3.02. The number of carboxylic acid groups (broad SMARTS) is 1. The van der Waals surface area contributed by atoms with Crippen molar-refractivity contribution in [2.24, 2.45) is 0 Å². The van der Waals surface area contributed by atoms with E-state index in [1.54, 1.807) is 48.5 Å². The number of nitrogens with one attached hydrogen (secondary N) is 3. The number of aliphatic hydroxyl groups excluding tert-OH is 4. The van der Waals surface area contributed by atoms with E-state index < -0.39 is 73.6 Å². The van der Waals surface area contributed by atoms with Gasteiger partial charge in [0.25, 0.3) is 5.79 Å². The van der Waals surface area contributed by atoms with Crippen LogP contribution in [0.4, 0.5) is 5.69 Å². The molecular formula is C32H39N3O12. The first-order valence-corrected chi connectivity index (χ1v) is 14.7. The molecule has 0 aromatic heterocycles. The predicted octanol–water partition coefficient (Wildman–Crippen LogP) is -0.948. The molecule has 0 unspecified atom stereocenters. The minimum atomic E-state index is -2.53. The number of aliphatic carboxylic acids is 1. The lowest BCUT2D eigenvalue weighted by Crippen LogP contribution is -2.68. The lowest BCUT2D eigenvalue weighted by molar-refractivity contribution is -0.314. The second kappa shape index (κ2) is 17.4. The average Bonchev–Trinajstić information content (AvgIpc) is 3.03. The van der Waals surface area contributed by atoms with Gasteiger partial charge < -0.3 is 55.7 Å². The summed E-state index contributed by atoms with van der Waals surface area (Å²) in [6.07, 6.45) is -2.42. The number of hydrogen-bond acceptors (Lipinski definition) is 11. The van der Waals surface area contributed by atoms with E-state index in [9.17, 15) is 44.7 Å². The van der Waals surface area contributed by atoms with Gasteiger partial charge in [-0.1, -0.05) is 24.3 Å². The number of carbonyl (C=O) groups is 4. The van der Waals surface area contributed by atoms with Crippen molar-refractivity contribution in [3.8, 4) is 18.1 Å².